The molecule has 106 valence electrons. The van der Waals surface area contributed by atoms with Crippen LogP contribution in [0.2, 0.25) is 5.02 Å². The van der Waals surface area contributed by atoms with Gasteiger partial charge in [0.15, 0.2) is 11.6 Å². The largest absolute Gasteiger partial charge is 0.494 e. The van der Waals surface area contributed by atoms with Crippen LogP contribution in [0.25, 0.3) is 0 Å². The van der Waals surface area contributed by atoms with Crippen LogP contribution in [0.15, 0.2) is 36.4 Å². The van der Waals surface area contributed by atoms with Gasteiger partial charge in [0.05, 0.1) is 18.5 Å². The minimum Gasteiger partial charge on any atom is -0.494 e. The van der Waals surface area contributed by atoms with Crippen LogP contribution in [-0.4, -0.2) is 14.2 Å². The van der Waals surface area contributed by atoms with Gasteiger partial charge in [-0.05, 0) is 11.6 Å². The average molecular weight is 295 g/mol. The van der Waals surface area contributed by atoms with Gasteiger partial charge in [-0.1, -0.05) is 29.8 Å². The van der Waals surface area contributed by atoms with Crippen LogP contribution < -0.4 is 15.4 Å². The van der Waals surface area contributed by atoms with Crippen molar-refractivity contribution >= 4 is 23.0 Å². The number of hydrogen-bond donors (Lipinski definition) is 1. The molecule has 5 heteroatoms. The second kappa shape index (κ2) is 6.01. The van der Waals surface area contributed by atoms with Gasteiger partial charge >= 0.3 is 0 Å². The van der Waals surface area contributed by atoms with Crippen molar-refractivity contribution in [1.82, 2.24) is 0 Å². The highest BCUT2D eigenvalue weighted by Gasteiger charge is 2.13. The van der Waals surface area contributed by atoms with E-state index in [1.54, 1.807) is 6.07 Å². The highest BCUT2D eigenvalue weighted by Crippen LogP contribution is 2.31. The number of nitrogens with two attached hydrogens (primary N) is 1. The van der Waals surface area contributed by atoms with Gasteiger partial charge in [0.1, 0.15) is 0 Å². The lowest BCUT2D eigenvalue weighted by molar-refractivity contribution is 0.387. The van der Waals surface area contributed by atoms with Gasteiger partial charge < -0.3 is 15.4 Å². The summed E-state index contributed by atoms with van der Waals surface area (Å²) < 4.78 is 18.5. The highest BCUT2D eigenvalue weighted by atomic mass is 35.5. The zero-order valence-electron chi connectivity index (χ0n) is 11.4. The van der Waals surface area contributed by atoms with E-state index in [1.165, 1.54) is 13.2 Å². The maximum absolute atomic E-state index is 13.5. The standard InChI is InChI=1S/C15H16ClFN2O/c1-19(9-10-5-3-4-6-11(10)16)14-8-15(20-2)12(17)7-13(14)18/h3-8H,9,18H2,1-2H3. The van der Waals surface area contributed by atoms with Crippen molar-refractivity contribution in [3.63, 3.8) is 0 Å². The van der Waals surface area contributed by atoms with E-state index in [4.69, 9.17) is 22.1 Å². The van der Waals surface area contributed by atoms with Gasteiger partial charge in [-0.15, -0.1) is 0 Å². The van der Waals surface area contributed by atoms with Gasteiger partial charge in [-0.25, -0.2) is 4.39 Å². The van der Waals surface area contributed by atoms with Crippen LogP contribution in [0.4, 0.5) is 15.8 Å². The molecule has 0 saturated carbocycles. The molecule has 0 atom stereocenters. The van der Waals surface area contributed by atoms with Crippen LogP contribution in [0.3, 0.4) is 0 Å². The highest BCUT2D eigenvalue weighted by molar-refractivity contribution is 6.31. The van der Waals surface area contributed by atoms with Crippen LogP contribution in [0.5, 0.6) is 5.75 Å². The predicted octanol–water partition coefficient (Wildman–Crippen LogP) is 3.71. The molecule has 0 heterocycles. The summed E-state index contributed by atoms with van der Waals surface area (Å²) in [7, 11) is 3.29. The first-order valence-electron chi connectivity index (χ1n) is 6.10. The van der Waals surface area contributed by atoms with E-state index in [0.29, 0.717) is 22.9 Å². The molecule has 2 aromatic carbocycles. The predicted molar refractivity (Wildman–Crippen MR) is 80.9 cm³/mol. The lowest BCUT2D eigenvalue weighted by Crippen LogP contribution is -2.18. The number of benzene rings is 2. The normalized spacial score (nSPS) is 10.4. The Kier molecular flexibility index (Phi) is 4.35. The van der Waals surface area contributed by atoms with E-state index in [-0.39, 0.29) is 5.75 Å². The monoisotopic (exact) mass is 294 g/mol. The smallest absolute Gasteiger partial charge is 0.167 e. The SMILES string of the molecule is COc1cc(N(C)Cc2ccccc2Cl)c(N)cc1F. The van der Waals surface area contributed by atoms with Crippen LogP contribution in [0.1, 0.15) is 5.56 Å². The molecule has 0 bridgehead atoms. The van der Waals surface area contributed by atoms with E-state index < -0.39 is 5.82 Å². The minimum absolute atomic E-state index is 0.167. The Labute approximate surface area is 122 Å². The fourth-order valence-electron chi connectivity index (χ4n) is 2.01. The summed E-state index contributed by atoms with van der Waals surface area (Å²) in [5, 5.41) is 0.687. The Bertz CT molecular complexity index is 619. The number of anilines is 2. The molecule has 2 aromatic rings. The summed E-state index contributed by atoms with van der Waals surface area (Å²) in [6.07, 6.45) is 0. The molecule has 0 spiro atoms. The van der Waals surface area contributed by atoms with E-state index >= 15 is 0 Å². The van der Waals surface area contributed by atoms with Crippen molar-refractivity contribution in [2.24, 2.45) is 0 Å². The fourth-order valence-corrected chi connectivity index (χ4v) is 2.21. The third-order valence-corrected chi connectivity index (χ3v) is 3.45. The van der Waals surface area contributed by atoms with Gasteiger partial charge in [-0.3, -0.25) is 0 Å². The molecule has 2 rings (SSSR count). The van der Waals surface area contributed by atoms with Crippen molar-refractivity contribution < 1.29 is 9.13 Å². The first-order valence-corrected chi connectivity index (χ1v) is 6.48. The maximum atomic E-state index is 13.5. The zero-order chi connectivity index (χ0) is 14.7. The Balaban J connectivity index is 2.30. The molecule has 2 N–H and O–H groups in total. The Morgan fingerprint density at radius 3 is 2.65 bits per heavy atom. The number of ether oxygens (including phenoxy) is 1. The summed E-state index contributed by atoms with van der Waals surface area (Å²) in [6.45, 7) is 0.568. The number of halogens is 2. The van der Waals surface area contributed by atoms with E-state index in [0.717, 1.165) is 5.56 Å². The molecule has 0 unspecified atom stereocenters. The first-order chi connectivity index (χ1) is 9.52. The quantitative estimate of drug-likeness (QED) is 0.874. The Morgan fingerprint density at radius 1 is 1.30 bits per heavy atom. The third kappa shape index (κ3) is 2.96. The molecule has 0 aromatic heterocycles. The van der Waals surface area contributed by atoms with Crippen molar-refractivity contribution in [3.8, 4) is 5.75 Å². The van der Waals surface area contributed by atoms with Crippen molar-refractivity contribution in [3.05, 3.63) is 52.8 Å². The third-order valence-electron chi connectivity index (χ3n) is 3.08. The molecule has 0 amide bonds. The Hall–Kier alpha value is -1.94. The van der Waals surface area contributed by atoms with E-state index in [1.807, 2.05) is 36.2 Å². The lowest BCUT2D eigenvalue weighted by Gasteiger charge is -2.22. The molecular formula is C15H16ClFN2O. The maximum Gasteiger partial charge on any atom is 0.167 e. The molecule has 0 fully saturated rings. The minimum atomic E-state index is -0.472. The summed E-state index contributed by atoms with van der Waals surface area (Å²) in [6, 6.07) is 10.4. The van der Waals surface area contributed by atoms with Crippen LogP contribution in [0, 0.1) is 5.82 Å². The summed E-state index contributed by atoms with van der Waals surface area (Å²) in [5.41, 5.74) is 7.90. The summed E-state index contributed by atoms with van der Waals surface area (Å²) >= 11 is 6.14. The lowest BCUT2D eigenvalue weighted by atomic mass is 10.2. The van der Waals surface area contributed by atoms with Crippen LogP contribution >= 0.6 is 11.6 Å². The Morgan fingerprint density at radius 2 is 2.00 bits per heavy atom. The molecular weight excluding hydrogens is 279 g/mol. The second-order valence-electron chi connectivity index (χ2n) is 4.49. The number of nitrogen functional groups attached to an aromatic ring is 1. The first kappa shape index (κ1) is 14.5. The van der Waals surface area contributed by atoms with Crippen molar-refractivity contribution in [1.29, 1.82) is 0 Å². The molecule has 0 aliphatic carbocycles. The van der Waals surface area contributed by atoms with Gasteiger partial charge in [0.2, 0.25) is 0 Å². The molecule has 3 nitrogen and oxygen atoms in total. The van der Waals surface area contributed by atoms with Crippen molar-refractivity contribution in [2.75, 3.05) is 24.8 Å². The fraction of sp³-hybridized carbons (Fsp3) is 0.200. The zero-order valence-corrected chi connectivity index (χ0v) is 12.1. The summed E-state index contributed by atoms with van der Waals surface area (Å²) in [5.74, 6) is -0.305. The molecule has 0 aliphatic rings. The average Bonchev–Trinajstić information content (AvgIpc) is 2.41. The molecule has 20 heavy (non-hydrogen) atoms. The van der Waals surface area contributed by atoms with Gasteiger partial charge in [0, 0.05) is 30.7 Å². The van der Waals surface area contributed by atoms with Gasteiger partial charge in [-0.2, -0.15) is 0 Å². The second-order valence-corrected chi connectivity index (χ2v) is 4.90. The van der Waals surface area contributed by atoms with Gasteiger partial charge in [0.25, 0.3) is 0 Å². The van der Waals surface area contributed by atoms with E-state index in [2.05, 4.69) is 0 Å². The molecule has 0 aliphatic heterocycles. The number of hydrogen-bond acceptors (Lipinski definition) is 3. The topological polar surface area (TPSA) is 38.5 Å². The number of rotatable bonds is 4. The van der Waals surface area contributed by atoms with Crippen LogP contribution in [-0.2, 0) is 6.54 Å². The van der Waals surface area contributed by atoms with Crippen molar-refractivity contribution in [2.45, 2.75) is 6.54 Å². The number of methoxy groups -OCH3 is 1. The molecule has 0 radical (unpaired) electrons. The molecule has 0 saturated heterocycles. The number of nitrogens with zero attached hydrogens (tertiary/aromatic N) is 1. The summed E-state index contributed by atoms with van der Waals surface area (Å²) in [4.78, 5) is 1.90. The van der Waals surface area contributed by atoms with E-state index in [9.17, 15) is 4.39 Å².